The molecule has 0 aliphatic carbocycles. The van der Waals surface area contributed by atoms with Gasteiger partial charge in [0.2, 0.25) is 5.91 Å². The van der Waals surface area contributed by atoms with Crippen LogP contribution in [0.15, 0.2) is 36.9 Å². The van der Waals surface area contributed by atoms with Crippen LogP contribution in [0.1, 0.15) is 5.69 Å². The third-order valence-electron chi connectivity index (χ3n) is 5.13. The van der Waals surface area contributed by atoms with Crippen LogP contribution in [0.3, 0.4) is 0 Å². The van der Waals surface area contributed by atoms with Crippen molar-refractivity contribution >= 4 is 17.4 Å². The van der Waals surface area contributed by atoms with Gasteiger partial charge in [-0.3, -0.25) is 9.78 Å². The zero-order valence-corrected chi connectivity index (χ0v) is 14.1. The number of nitrogens with zero attached hydrogens (tertiary/aromatic N) is 4. The smallest absolute Gasteiger partial charge is 0.230 e. The fourth-order valence-corrected chi connectivity index (χ4v) is 3.77. The molecular weight excluding hydrogens is 318 g/mol. The van der Waals surface area contributed by atoms with Crippen LogP contribution in [-0.2, 0) is 9.53 Å². The molecule has 2 aromatic heterocycles. The fourth-order valence-electron chi connectivity index (χ4n) is 3.77. The molecule has 0 unspecified atom stereocenters. The summed E-state index contributed by atoms with van der Waals surface area (Å²) < 4.78 is 5.73. The number of aromatic nitrogens is 3. The second kappa shape index (κ2) is 6.76. The van der Waals surface area contributed by atoms with Crippen molar-refractivity contribution in [3.63, 3.8) is 0 Å². The minimum atomic E-state index is -0.162. The molecule has 2 aliphatic heterocycles. The summed E-state index contributed by atoms with van der Waals surface area (Å²) in [5.41, 5.74) is 1.58. The first kappa shape index (κ1) is 16.0. The van der Waals surface area contributed by atoms with E-state index in [0.29, 0.717) is 19.1 Å². The molecule has 4 heterocycles. The fraction of sp³-hybridized carbons (Fsp3) is 0.444. The maximum absolute atomic E-state index is 12.8. The van der Waals surface area contributed by atoms with E-state index in [2.05, 4.69) is 25.2 Å². The zero-order chi connectivity index (χ0) is 17.2. The van der Waals surface area contributed by atoms with Crippen LogP contribution in [0.25, 0.3) is 0 Å². The van der Waals surface area contributed by atoms with Crippen molar-refractivity contribution in [2.75, 3.05) is 36.5 Å². The Labute approximate surface area is 146 Å². The van der Waals surface area contributed by atoms with Gasteiger partial charge in [0.15, 0.2) is 0 Å². The van der Waals surface area contributed by atoms with Crippen LogP contribution < -0.4 is 10.2 Å². The molecular formula is C18H21N5O2. The van der Waals surface area contributed by atoms with E-state index >= 15 is 0 Å². The summed E-state index contributed by atoms with van der Waals surface area (Å²) >= 11 is 0. The van der Waals surface area contributed by atoms with Gasteiger partial charge in [0.1, 0.15) is 12.1 Å². The number of carbonyl (C=O) groups excluding carboxylic acids is 1. The van der Waals surface area contributed by atoms with E-state index in [1.54, 1.807) is 18.7 Å². The number of hydrogen-bond acceptors (Lipinski definition) is 6. The number of ether oxygens (including phenoxy) is 1. The molecule has 3 atom stereocenters. The number of pyridine rings is 1. The molecule has 1 N–H and O–H groups in total. The van der Waals surface area contributed by atoms with Gasteiger partial charge in [0.25, 0.3) is 0 Å². The minimum Gasteiger partial charge on any atom is -0.380 e. The van der Waals surface area contributed by atoms with Gasteiger partial charge >= 0.3 is 0 Å². The third kappa shape index (κ3) is 3.19. The van der Waals surface area contributed by atoms with Crippen LogP contribution in [-0.4, -0.2) is 47.2 Å². The molecule has 2 aromatic rings. The first-order valence-electron chi connectivity index (χ1n) is 8.53. The van der Waals surface area contributed by atoms with Crippen molar-refractivity contribution in [3.8, 4) is 0 Å². The number of carbonyl (C=O) groups is 1. The maximum Gasteiger partial charge on any atom is 0.230 e. The largest absolute Gasteiger partial charge is 0.380 e. The molecule has 7 nitrogen and oxygen atoms in total. The number of hydrogen-bond donors (Lipinski definition) is 1. The van der Waals surface area contributed by atoms with Crippen molar-refractivity contribution < 1.29 is 9.53 Å². The standard InChI is InChI=1S/C18H21N5O2/c1-12-16(3-2-5-20-12)22-18(24)15-10-25-9-13-7-23(8-14(13)15)17-4-6-19-11-21-17/h2-6,11,13-15H,7-10H2,1H3,(H,22,24)/t13-,14-,15+/m0/s1. The van der Waals surface area contributed by atoms with Crippen LogP contribution >= 0.6 is 0 Å². The Hall–Kier alpha value is -2.54. The predicted octanol–water partition coefficient (Wildman–Crippen LogP) is 1.52. The summed E-state index contributed by atoms with van der Waals surface area (Å²) in [6.45, 7) is 4.72. The van der Waals surface area contributed by atoms with Crippen molar-refractivity contribution in [1.29, 1.82) is 0 Å². The predicted molar refractivity (Wildman–Crippen MR) is 93.1 cm³/mol. The van der Waals surface area contributed by atoms with Gasteiger partial charge in [-0.15, -0.1) is 0 Å². The molecule has 130 valence electrons. The summed E-state index contributed by atoms with van der Waals surface area (Å²) in [5.74, 6) is 1.36. The molecule has 0 spiro atoms. The van der Waals surface area contributed by atoms with E-state index in [1.165, 1.54) is 0 Å². The first-order chi connectivity index (χ1) is 12.2. The number of fused-ring (bicyclic) bond motifs is 1. The number of anilines is 2. The van der Waals surface area contributed by atoms with Gasteiger partial charge in [-0.1, -0.05) is 0 Å². The quantitative estimate of drug-likeness (QED) is 0.913. The third-order valence-corrected chi connectivity index (χ3v) is 5.13. The van der Waals surface area contributed by atoms with Crippen LogP contribution in [0.2, 0.25) is 0 Å². The van der Waals surface area contributed by atoms with E-state index in [9.17, 15) is 4.79 Å². The maximum atomic E-state index is 12.8. The minimum absolute atomic E-state index is 0.00957. The lowest BCUT2D eigenvalue weighted by Crippen LogP contribution is -2.42. The van der Waals surface area contributed by atoms with Crippen LogP contribution in [0.4, 0.5) is 11.5 Å². The van der Waals surface area contributed by atoms with Gasteiger partial charge in [0.05, 0.1) is 30.5 Å². The van der Waals surface area contributed by atoms with E-state index in [-0.39, 0.29) is 17.7 Å². The Kier molecular flexibility index (Phi) is 4.31. The molecule has 2 saturated heterocycles. The normalized spacial score (nSPS) is 25.5. The molecule has 1 amide bonds. The Balaban J connectivity index is 1.49. The average molecular weight is 339 g/mol. The number of nitrogens with one attached hydrogen (secondary N) is 1. The summed E-state index contributed by atoms with van der Waals surface area (Å²) in [5, 5.41) is 3.02. The molecule has 0 radical (unpaired) electrons. The Morgan fingerprint density at radius 1 is 1.24 bits per heavy atom. The van der Waals surface area contributed by atoms with Crippen molar-refractivity contribution in [2.45, 2.75) is 6.92 Å². The molecule has 2 fully saturated rings. The highest BCUT2D eigenvalue weighted by Crippen LogP contribution is 2.36. The monoisotopic (exact) mass is 339 g/mol. The number of rotatable bonds is 3. The Bertz CT molecular complexity index is 754. The summed E-state index contributed by atoms with van der Waals surface area (Å²) in [6, 6.07) is 5.62. The van der Waals surface area contributed by atoms with Crippen molar-refractivity contribution in [3.05, 3.63) is 42.6 Å². The Morgan fingerprint density at radius 2 is 2.16 bits per heavy atom. The molecule has 0 aromatic carbocycles. The van der Waals surface area contributed by atoms with Gasteiger partial charge in [0, 0.05) is 31.4 Å². The van der Waals surface area contributed by atoms with Gasteiger partial charge in [-0.2, -0.15) is 0 Å². The molecule has 25 heavy (non-hydrogen) atoms. The average Bonchev–Trinajstić information content (AvgIpc) is 3.08. The van der Waals surface area contributed by atoms with Gasteiger partial charge in [-0.05, 0) is 31.0 Å². The van der Waals surface area contributed by atoms with Crippen LogP contribution in [0, 0.1) is 24.7 Å². The van der Waals surface area contributed by atoms with E-state index in [0.717, 1.165) is 30.3 Å². The van der Waals surface area contributed by atoms with E-state index in [1.807, 2.05) is 25.1 Å². The summed E-state index contributed by atoms with van der Waals surface area (Å²) in [7, 11) is 0. The zero-order valence-electron chi connectivity index (χ0n) is 14.1. The Morgan fingerprint density at radius 3 is 2.96 bits per heavy atom. The topological polar surface area (TPSA) is 80.2 Å². The number of aryl methyl sites for hydroxylation is 1. The second-order valence-corrected chi connectivity index (χ2v) is 6.67. The van der Waals surface area contributed by atoms with Crippen molar-refractivity contribution in [1.82, 2.24) is 15.0 Å². The van der Waals surface area contributed by atoms with Crippen LogP contribution in [0.5, 0.6) is 0 Å². The summed E-state index contributed by atoms with van der Waals surface area (Å²) in [4.78, 5) is 27.6. The molecule has 7 heteroatoms. The van der Waals surface area contributed by atoms with Crippen molar-refractivity contribution in [2.24, 2.45) is 17.8 Å². The lowest BCUT2D eigenvalue weighted by Gasteiger charge is -2.31. The molecule has 2 aliphatic rings. The molecule has 0 bridgehead atoms. The SMILES string of the molecule is Cc1ncccc1NC(=O)[C@@H]1COC[C@@H]2CN(c3ccncn3)C[C@@H]21. The lowest BCUT2D eigenvalue weighted by molar-refractivity contribution is -0.128. The summed E-state index contributed by atoms with van der Waals surface area (Å²) in [6.07, 6.45) is 5.03. The first-order valence-corrected chi connectivity index (χ1v) is 8.53. The second-order valence-electron chi connectivity index (χ2n) is 6.67. The van der Waals surface area contributed by atoms with E-state index < -0.39 is 0 Å². The van der Waals surface area contributed by atoms with E-state index in [4.69, 9.17) is 4.74 Å². The highest BCUT2D eigenvalue weighted by Gasteiger charge is 2.44. The van der Waals surface area contributed by atoms with Gasteiger partial charge in [-0.25, -0.2) is 9.97 Å². The van der Waals surface area contributed by atoms with Gasteiger partial charge < -0.3 is 15.0 Å². The number of amides is 1. The highest BCUT2D eigenvalue weighted by atomic mass is 16.5. The molecule has 4 rings (SSSR count). The lowest BCUT2D eigenvalue weighted by atomic mass is 9.82. The highest BCUT2D eigenvalue weighted by molar-refractivity contribution is 5.93. The molecule has 0 saturated carbocycles.